The summed E-state index contributed by atoms with van der Waals surface area (Å²) in [6.07, 6.45) is 7.67. The number of rotatable bonds is 5. The Labute approximate surface area is 93.2 Å². The van der Waals surface area contributed by atoms with Crippen LogP contribution in [0, 0.1) is 0 Å². The Balaban J connectivity index is 2.69. The number of carbonyl (C=O) groups excluding carboxylic acids is 1. The van der Waals surface area contributed by atoms with E-state index in [2.05, 4.69) is 13.8 Å². The molecule has 0 unspecified atom stereocenters. The second-order valence-corrected chi connectivity index (χ2v) is 4.75. The van der Waals surface area contributed by atoms with Gasteiger partial charge in [-0.05, 0) is 39.5 Å². The standard InChI is InChI=1S/C13H23NO/c1-4-5-8-11(2)14-13(12(3)15)9-6-7-10-13/h4-10H2,1-3H3/b14-11+. The first-order valence-electron chi connectivity index (χ1n) is 6.17. The molecule has 0 aliphatic heterocycles. The maximum absolute atomic E-state index is 11.7. The summed E-state index contributed by atoms with van der Waals surface area (Å²) in [4.78, 5) is 16.4. The molecule has 0 aromatic heterocycles. The Morgan fingerprint density at radius 2 is 1.87 bits per heavy atom. The molecule has 0 N–H and O–H groups in total. The number of hydrogen-bond acceptors (Lipinski definition) is 2. The Bertz CT molecular complexity index is 249. The van der Waals surface area contributed by atoms with E-state index in [0.717, 1.165) is 37.8 Å². The fourth-order valence-electron chi connectivity index (χ4n) is 2.36. The fraction of sp³-hybridized carbons (Fsp3) is 0.846. The number of aliphatic imine (C=N–C) groups is 1. The zero-order chi connectivity index (χ0) is 11.3. The van der Waals surface area contributed by atoms with Crippen molar-refractivity contribution < 1.29 is 4.79 Å². The van der Waals surface area contributed by atoms with E-state index in [0.29, 0.717) is 0 Å². The Morgan fingerprint density at radius 1 is 1.27 bits per heavy atom. The predicted molar refractivity (Wildman–Crippen MR) is 64.5 cm³/mol. The van der Waals surface area contributed by atoms with Crippen molar-refractivity contribution in [2.24, 2.45) is 4.99 Å². The molecule has 0 atom stereocenters. The molecule has 0 heterocycles. The zero-order valence-electron chi connectivity index (χ0n) is 10.3. The van der Waals surface area contributed by atoms with Crippen LogP contribution in [0.4, 0.5) is 0 Å². The average Bonchev–Trinajstić information content (AvgIpc) is 2.64. The maximum Gasteiger partial charge on any atom is 0.157 e. The molecule has 1 saturated carbocycles. The van der Waals surface area contributed by atoms with Crippen LogP contribution in [0.15, 0.2) is 4.99 Å². The van der Waals surface area contributed by atoms with E-state index in [9.17, 15) is 4.79 Å². The van der Waals surface area contributed by atoms with Gasteiger partial charge in [0.15, 0.2) is 5.78 Å². The SMILES string of the molecule is CCCC/C(C)=N/C1(C(C)=O)CCCC1. The first-order valence-corrected chi connectivity index (χ1v) is 6.17. The van der Waals surface area contributed by atoms with Gasteiger partial charge in [0.1, 0.15) is 5.54 Å². The molecule has 86 valence electrons. The smallest absolute Gasteiger partial charge is 0.157 e. The van der Waals surface area contributed by atoms with Gasteiger partial charge in [0.2, 0.25) is 0 Å². The summed E-state index contributed by atoms with van der Waals surface area (Å²) in [5.41, 5.74) is 0.826. The van der Waals surface area contributed by atoms with Crippen LogP contribution in [0.3, 0.4) is 0 Å². The van der Waals surface area contributed by atoms with Gasteiger partial charge in [0.05, 0.1) is 0 Å². The summed E-state index contributed by atoms with van der Waals surface area (Å²) in [6.45, 7) is 5.95. The molecule has 0 aromatic carbocycles. The molecule has 0 saturated heterocycles. The van der Waals surface area contributed by atoms with Crippen LogP contribution in [0.5, 0.6) is 0 Å². The van der Waals surface area contributed by atoms with Gasteiger partial charge in [-0.15, -0.1) is 0 Å². The summed E-state index contributed by atoms with van der Waals surface area (Å²) >= 11 is 0. The lowest BCUT2D eigenvalue weighted by Gasteiger charge is -2.22. The number of ketones is 1. The van der Waals surface area contributed by atoms with Gasteiger partial charge in [-0.3, -0.25) is 9.79 Å². The van der Waals surface area contributed by atoms with Crippen molar-refractivity contribution in [1.82, 2.24) is 0 Å². The minimum atomic E-state index is -0.335. The molecule has 0 bridgehead atoms. The zero-order valence-corrected chi connectivity index (χ0v) is 10.3. The highest BCUT2D eigenvalue weighted by atomic mass is 16.1. The number of unbranched alkanes of at least 4 members (excludes halogenated alkanes) is 1. The summed E-state index contributed by atoms with van der Waals surface area (Å²) in [5.74, 6) is 0.260. The molecule has 15 heavy (non-hydrogen) atoms. The topological polar surface area (TPSA) is 29.4 Å². The third-order valence-electron chi connectivity index (χ3n) is 3.38. The number of carbonyl (C=O) groups is 1. The third-order valence-corrected chi connectivity index (χ3v) is 3.38. The molecule has 0 amide bonds. The van der Waals surface area contributed by atoms with Crippen LogP contribution < -0.4 is 0 Å². The third kappa shape index (κ3) is 3.15. The van der Waals surface area contributed by atoms with Crippen molar-refractivity contribution in [2.45, 2.75) is 71.3 Å². The minimum absolute atomic E-state index is 0.260. The van der Waals surface area contributed by atoms with E-state index in [-0.39, 0.29) is 11.3 Å². The first kappa shape index (κ1) is 12.4. The Morgan fingerprint density at radius 3 is 2.33 bits per heavy atom. The first-order chi connectivity index (χ1) is 7.10. The van der Waals surface area contributed by atoms with Crippen LogP contribution in [-0.4, -0.2) is 17.0 Å². The van der Waals surface area contributed by atoms with E-state index in [1.807, 2.05) is 0 Å². The average molecular weight is 209 g/mol. The molecule has 0 aromatic rings. The molecular weight excluding hydrogens is 186 g/mol. The fourth-order valence-corrected chi connectivity index (χ4v) is 2.36. The highest BCUT2D eigenvalue weighted by molar-refractivity contribution is 5.91. The second-order valence-electron chi connectivity index (χ2n) is 4.75. The minimum Gasteiger partial charge on any atom is -0.297 e. The van der Waals surface area contributed by atoms with Crippen molar-refractivity contribution in [3.8, 4) is 0 Å². The van der Waals surface area contributed by atoms with Gasteiger partial charge in [0.25, 0.3) is 0 Å². The molecular formula is C13H23NO. The molecule has 0 radical (unpaired) electrons. The summed E-state index contributed by atoms with van der Waals surface area (Å²) in [6, 6.07) is 0. The van der Waals surface area contributed by atoms with Gasteiger partial charge < -0.3 is 0 Å². The Hall–Kier alpha value is -0.660. The number of Topliss-reactive ketones (excluding diaryl/α,β-unsaturated/α-hetero) is 1. The summed E-state index contributed by atoms with van der Waals surface area (Å²) in [5, 5.41) is 0. The highest BCUT2D eigenvalue weighted by Crippen LogP contribution is 2.34. The van der Waals surface area contributed by atoms with E-state index >= 15 is 0 Å². The lowest BCUT2D eigenvalue weighted by atomic mass is 9.93. The van der Waals surface area contributed by atoms with E-state index in [4.69, 9.17) is 4.99 Å². The van der Waals surface area contributed by atoms with Gasteiger partial charge in [-0.1, -0.05) is 26.2 Å². The quantitative estimate of drug-likeness (QED) is 0.637. The molecule has 0 spiro atoms. The summed E-state index contributed by atoms with van der Waals surface area (Å²) in [7, 11) is 0. The van der Waals surface area contributed by atoms with Crippen molar-refractivity contribution >= 4 is 11.5 Å². The van der Waals surface area contributed by atoms with Crippen LogP contribution in [0.25, 0.3) is 0 Å². The summed E-state index contributed by atoms with van der Waals surface area (Å²) < 4.78 is 0. The van der Waals surface area contributed by atoms with Crippen molar-refractivity contribution in [2.75, 3.05) is 0 Å². The molecule has 1 rings (SSSR count). The van der Waals surface area contributed by atoms with E-state index in [1.165, 1.54) is 12.8 Å². The van der Waals surface area contributed by atoms with Gasteiger partial charge in [0, 0.05) is 5.71 Å². The normalized spacial score (nSPS) is 20.6. The van der Waals surface area contributed by atoms with Gasteiger partial charge in [-0.2, -0.15) is 0 Å². The van der Waals surface area contributed by atoms with Crippen LogP contribution in [0.1, 0.15) is 65.7 Å². The predicted octanol–water partition coefficient (Wildman–Crippen LogP) is 3.54. The molecule has 1 fully saturated rings. The number of nitrogens with zero attached hydrogens (tertiary/aromatic N) is 1. The molecule has 1 aliphatic rings. The van der Waals surface area contributed by atoms with Crippen LogP contribution in [0.2, 0.25) is 0 Å². The van der Waals surface area contributed by atoms with Crippen LogP contribution >= 0.6 is 0 Å². The number of hydrogen-bond donors (Lipinski definition) is 0. The monoisotopic (exact) mass is 209 g/mol. The van der Waals surface area contributed by atoms with Gasteiger partial charge in [-0.25, -0.2) is 0 Å². The lowest BCUT2D eigenvalue weighted by Crippen LogP contribution is -2.32. The van der Waals surface area contributed by atoms with E-state index in [1.54, 1.807) is 6.92 Å². The molecule has 1 aliphatic carbocycles. The molecule has 2 nitrogen and oxygen atoms in total. The Kier molecular flexibility index (Phi) is 4.49. The largest absolute Gasteiger partial charge is 0.297 e. The van der Waals surface area contributed by atoms with E-state index < -0.39 is 0 Å². The lowest BCUT2D eigenvalue weighted by molar-refractivity contribution is -0.121. The van der Waals surface area contributed by atoms with Crippen LogP contribution in [-0.2, 0) is 4.79 Å². The maximum atomic E-state index is 11.7. The van der Waals surface area contributed by atoms with Crippen molar-refractivity contribution in [3.05, 3.63) is 0 Å². The van der Waals surface area contributed by atoms with Crippen molar-refractivity contribution in [1.29, 1.82) is 0 Å². The van der Waals surface area contributed by atoms with Gasteiger partial charge >= 0.3 is 0 Å². The highest BCUT2D eigenvalue weighted by Gasteiger charge is 2.37. The van der Waals surface area contributed by atoms with Crippen molar-refractivity contribution in [3.63, 3.8) is 0 Å². The second kappa shape index (κ2) is 5.43. The molecule has 2 heteroatoms.